The highest BCUT2D eigenvalue weighted by Crippen LogP contribution is 2.26. The Labute approximate surface area is 218 Å². The van der Waals surface area contributed by atoms with Gasteiger partial charge in [-0.3, -0.25) is 9.48 Å². The lowest BCUT2D eigenvalue weighted by molar-refractivity contribution is 0.0992. The van der Waals surface area contributed by atoms with Gasteiger partial charge in [-0.05, 0) is 52.9 Å². The van der Waals surface area contributed by atoms with Gasteiger partial charge in [0.25, 0.3) is 5.91 Å². The van der Waals surface area contributed by atoms with Crippen LogP contribution in [0.25, 0.3) is 0 Å². The second-order valence-electron chi connectivity index (χ2n) is 9.04. The zero-order valence-electron chi connectivity index (χ0n) is 19.4. The van der Waals surface area contributed by atoms with Crippen molar-refractivity contribution in [2.75, 3.05) is 5.32 Å². The second kappa shape index (κ2) is 10.4. The number of anilines is 1. The molecular formula is C26H24Cl3N3O3. The van der Waals surface area contributed by atoms with Gasteiger partial charge >= 0.3 is 0 Å². The summed E-state index contributed by atoms with van der Waals surface area (Å²) in [4.78, 5) is 12.7. The highest BCUT2D eigenvalue weighted by Gasteiger charge is 2.17. The van der Waals surface area contributed by atoms with Crippen LogP contribution < -0.4 is 10.1 Å². The van der Waals surface area contributed by atoms with E-state index in [0.29, 0.717) is 22.4 Å². The van der Waals surface area contributed by atoms with Gasteiger partial charge in [-0.25, -0.2) is 0 Å². The third-order valence-corrected chi connectivity index (χ3v) is 6.15. The van der Waals surface area contributed by atoms with E-state index >= 15 is 0 Å². The molecule has 0 fully saturated rings. The molecule has 182 valence electrons. The molecule has 2 aromatic heterocycles. The Balaban J connectivity index is 1.36. The van der Waals surface area contributed by atoms with E-state index in [-0.39, 0.29) is 28.6 Å². The first-order valence-electron chi connectivity index (χ1n) is 10.9. The molecule has 0 atom stereocenters. The van der Waals surface area contributed by atoms with E-state index in [1.54, 1.807) is 35.1 Å². The fourth-order valence-corrected chi connectivity index (χ4v) is 4.01. The number of nitrogens with one attached hydrogen (secondary N) is 1. The quantitative estimate of drug-likeness (QED) is 0.266. The maximum Gasteiger partial charge on any atom is 0.292 e. The monoisotopic (exact) mass is 531 g/mol. The smallest absolute Gasteiger partial charge is 0.292 e. The van der Waals surface area contributed by atoms with Crippen LogP contribution in [-0.2, 0) is 18.6 Å². The lowest BCUT2D eigenvalue weighted by Crippen LogP contribution is -2.12. The van der Waals surface area contributed by atoms with E-state index in [1.807, 2.05) is 30.3 Å². The van der Waals surface area contributed by atoms with Crippen LogP contribution >= 0.6 is 34.8 Å². The van der Waals surface area contributed by atoms with Gasteiger partial charge in [0.2, 0.25) is 0 Å². The van der Waals surface area contributed by atoms with Crippen LogP contribution in [0.1, 0.15) is 48.2 Å². The van der Waals surface area contributed by atoms with Crippen LogP contribution in [0.5, 0.6) is 5.75 Å². The van der Waals surface area contributed by atoms with Gasteiger partial charge in [0.05, 0.1) is 6.54 Å². The molecule has 0 aliphatic heterocycles. The summed E-state index contributed by atoms with van der Waals surface area (Å²) < 4.78 is 13.0. The maximum absolute atomic E-state index is 12.7. The zero-order valence-corrected chi connectivity index (χ0v) is 21.7. The lowest BCUT2D eigenvalue weighted by Gasteiger charge is -2.19. The molecule has 4 aromatic rings. The average Bonchev–Trinajstić information content (AvgIpc) is 3.41. The van der Waals surface area contributed by atoms with E-state index in [4.69, 9.17) is 44.0 Å². The highest BCUT2D eigenvalue weighted by atomic mass is 35.5. The van der Waals surface area contributed by atoms with Gasteiger partial charge < -0.3 is 14.5 Å². The van der Waals surface area contributed by atoms with Crippen LogP contribution in [0.3, 0.4) is 0 Å². The summed E-state index contributed by atoms with van der Waals surface area (Å²) in [6.07, 6.45) is 1.61. The summed E-state index contributed by atoms with van der Waals surface area (Å²) >= 11 is 18.4. The molecule has 2 heterocycles. The first-order valence-corrected chi connectivity index (χ1v) is 12.0. The molecule has 0 saturated carbocycles. The number of halogens is 3. The molecule has 0 unspecified atom stereocenters. The topological polar surface area (TPSA) is 69.3 Å². The summed E-state index contributed by atoms with van der Waals surface area (Å²) in [5.41, 5.74) is 2.11. The Morgan fingerprint density at radius 3 is 2.46 bits per heavy atom. The third-order valence-electron chi connectivity index (χ3n) is 5.28. The molecule has 1 N–H and O–H groups in total. The molecule has 0 aliphatic rings. The number of carbonyl (C=O) groups is 1. The predicted octanol–water partition coefficient (Wildman–Crippen LogP) is 7.61. The van der Waals surface area contributed by atoms with Crippen molar-refractivity contribution in [3.05, 3.63) is 98.5 Å². The minimum atomic E-state index is -0.470. The molecule has 1 amide bonds. The van der Waals surface area contributed by atoms with Crippen molar-refractivity contribution < 1.29 is 13.9 Å². The van der Waals surface area contributed by atoms with E-state index < -0.39 is 5.91 Å². The van der Waals surface area contributed by atoms with Crippen molar-refractivity contribution in [2.45, 2.75) is 39.3 Å². The third kappa shape index (κ3) is 6.40. The summed E-state index contributed by atoms with van der Waals surface area (Å²) in [5, 5.41) is 8.36. The molecule has 2 aromatic carbocycles. The van der Waals surface area contributed by atoms with Crippen LogP contribution in [0.15, 0.2) is 65.2 Å². The highest BCUT2D eigenvalue weighted by molar-refractivity contribution is 6.35. The first kappa shape index (κ1) is 25.2. The van der Waals surface area contributed by atoms with Crippen LogP contribution in [0.4, 0.5) is 5.82 Å². The molecule has 0 bridgehead atoms. The first-order chi connectivity index (χ1) is 16.6. The summed E-state index contributed by atoms with van der Waals surface area (Å²) in [6, 6.07) is 16.4. The van der Waals surface area contributed by atoms with Gasteiger partial charge in [0, 0.05) is 16.2 Å². The summed E-state index contributed by atoms with van der Waals surface area (Å²) in [6.45, 7) is 7.03. The van der Waals surface area contributed by atoms with Crippen molar-refractivity contribution in [3.8, 4) is 5.75 Å². The zero-order chi connectivity index (χ0) is 25.2. The Kier molecular flexibility index (Phi) is 7.45. The fraction of sp³-hybridized carbons (Fsp3) is 0.231. The number of ether oxygens (including phenoxy) is 1. The Bertz CT molecular complexity index is 1340. The number of aromatic nitrogens is 2. The molecule has 0 saturated heterocycles. The number of nitrogens with zero attached hydrogens (tertiary/aromatic N) is 2. The number of amides is 1. The number of hydrogen-bond acceptors (Lipinski definition) is 4. The minimum Gasteiger partial charge on any atom is -0.486 e. The molecule has 4 rings (SSSR count). The van der Waals surface area contributed by atoms with Crippen LogP contribution in [0, 0.1) is 0 Å². The predicted molar refractivity (Wildman–Crippen MR) is 139 cm³/mol. The largest absolute Gasteiger partial charge is 0.486 e. The fourth-order valence-electron chi connectivity index (χ4n) is 3.34. The summed E-state index contributed by atoms with van der Waals surface area (Å²) in [7, 11) is 0. The Morgan fingerprint density at radius 1 is 1.03 bits per heavy atom. The van der Waals surface area contributed by atoms with Crippen LogP contribution in [-0.4, -0.2) is 15.7 Å². The van der Waals surface area contributed by atoms with Crippen LogP contribution in [0.2, 0.25) is 15.1 Å². The van der Waals surface area contributed by atoms with Crippen molar-refractivity contribution in [3.63, 3.8) is 0 Å². The number of furan rings is 1. The van der Waals surface area contributed by atoms with Gasteiger partial charge in [-0.2, -0.15) is 5.10 Å². The Hall–Kier alpha value is -2.93. The van der Waals surface area contributed by atoms with E-state index in [1.165, 1.54) is 5.56 Å². The SMILES string of the molecule is CC(C)(C)c1ccc(OCc2ccc(C(=O)Nc3nn(Cc4ccc(Cl)cc4Cl)cc3Cl)o2)cc1. The number of rotatable bonds is 7. The van der Waals surface area contributed by atoms with E-state index in [9.17, 15) is 4.79 Å². The molecule has 35 heavy (non-hydrogen) atoms. The molecule has 0 radical (unpaired) electrons. The Morgan fingerprint density at radius 2 is 1.77 bits per heavy atom. The summed E-state index contributed by atoms with van der Waals surface area (Å²) in [5.74, 6) is 1.11. The molecule has 0 spiro atoms. The van der Waals surface area contributed by atoms with Crippen molar-refractivity contribution in [1.29, 1.82) is 0 Å². The lowest BCUT2D eigenvalue weighted by atomic mass is 9.87. The maximum atomic E-state index is 12.7. The van der Waals surface area contributed by atoms with Gasteiger partial charge in [0.15, 0.2) is 11.6 Å². The molecule has 0 aliphatic carbocycles. The van der Waals surface area contributed by atoms with Gasteiger partial charge in [0.1, 0.15) is 23.1 Å². The minimum absolute atomic E-state index is 0.0728. The molecular weight excluding hydrogens is 509 g/mol. The normalized spacial score (nSPS) is 11.5. The van der Waals surface area contributed by atoms with Crippen molar-refractivity contribution in [2.24, 2.45) is 0 Å². The second-order valence-corrected chi connectivity index (χ2v) is 10.3. The molecule has 6 nitrogen and oxygen atoms in total. The number of benzene rings is 2. The van der Waals surface area contributed by atoms with Crippen molar-refractivity contribution >= 4 is 46.5 Å². The van der Waals surface area contributed by atoms with Crippen molar-refractivity contribution in [1.82, 2.24) is 9.78 Å². The van der Waals surface area contributed by atoms with E-state index in [0.717, 1.165) is 11.3 Å². The number of hydrogen-bond donors (Lipinski definition) is 1. The van der Waals surface area contributed by atoms with Gasteiger partial charge in [-0.15, -0.1) is 0 Å². The standard InChI is InChI=1S/C26H24Cl3N3O3/c1-26(2,3)17-5-8-19(9-6-17)34-15-20-10-11-23(35-20)25(33)30-24-22(29)14-32(31-24)13-16-4-7-18(27)12-21(16)28/h4-12,14H,13,15H2,1-3H3,(H,30,31,33). The number of carbonyl (C=O) groups excluding carboxylic acids is 1. The average molecular weight is 533 g/mol. The molecule has 9 heteroatoms. The van der Waals surface area contributed by atoms with Gasteiger partial charge in [-0.1, -0.05) is 73.8 Å². The van der Waals surface area contributed by atoms with E-state index in [2.05, 4.69) is 31.2 Å².